The Morgan fingerprint density at radius 2 is 1.90 bits per heavy atom. The number of ether oxygens (including phenoxy) is 3. The summed E-state index contributed by atoms with van der Waals surface area (Å²) in [7, 11) is -1.48. The summed E-state index contributed by atoms with van der Waals surface area (Å²) in [6.45, 7) is 5.07. The van der Waals surface area contributed by atoms with E-state index in [-0.39, 0.29) is 18.3 Å². The maximum Gasteiger partial charge on any atom is 0.488 e. The predicted molar refractivity (Wildman–Crippen MR) is 80.7 cm³/mol. The summed E-state index contributed by atoms with van der Waals surface area (Å²) >= 11 is 0. The van der Waals surface area contributed by atoms with E-state index in [1.54, 1.807) is 24.3 Å². The highest BCUT2D eigenvalue weighted by Gasteiger charge is 2.24. The van der Waals surface area contributed by atoms with Crippen molar-refractivity contribution >= 4 is 12.6 Å². The Balaban J connectivity index is 1.71. The van der Waals surface area contributed by atoms with Gasteiger partial charge in [-0.15, -0.1) is 0 Å². The van der Waals surface area contributed by atoms with Gasteiger partial charge in [0.15, 0.2) is 0 Å². The van der Waals surface area contributed by atoms with Crippen LogP contribution in [0.4, 0.5) is 0 Å². The van der Waals surface area contributed by atoms with Crippen LogP contribution < -0.4 is 10.2 Å². The molecule has 0 aromatic heterocycles. The summed E-state index contributed by atoms with van der Waals surface area (Å²) < 4.78 is 17.1. The first-order valence-corrected chi connectivity index (χ1v) is 7.40. The first kappa shape index (κ1) is 16.3. The normalized spacial score (nSPS) is 25.6. The van der Waals surface area contributed by atoms with Crippen molar-refractivity contribution < 1.29 is 24.3 Å². The maximum atomic E-state index is 9.10. The lowest BCUT2D eigenvalue weighted by molar-refractivity contribution is -0.104. The molecule has 0 amide bonds. The van der Waals surface area contributed by atoms with Crippen molar-refractivity contribution in [2.45, 2.75) is 45.0 Å². The van der Waals surface area contributed by atoms with Gasteiger partial charge >= 0.3 is 7.12 Å². The number of benzene rings is 1. The van der Waals surface area contributed by atoms with E-state index in [9.17, 15) is 0 Å². The molecule has 1 aliphatic rings. The number of hydrogen-bond acceptors (Lipinski definition) is 5. The SMILES string of the molecule is CC1CC(OCCOc2cccc(B(O)O)c2)CC(C)O1. The molecule has 0 aliphatic carbocycles. The third-order valence-corrected chi connectivity index (χ3v) is 3.52. The first-order chi connectivity index (χ1) is 10.0. The molecule has 1 aliphatic heterocycles. The lowest BCUT2D eigenvalue weighted by Gasteiger charge is -2.31. The Morgan fingerprint density at radius 3 is 2.57 bits per heavy atom. The maximum absolute atomic E-state index is 9.10. The molecule has 6 heteroatoms. The largest absolute Gasteiger partial charge is 0.491 e. The summed E-state index contributed by atoms with van der Waals surface area (Å²) in [5.41, 5.74) is 0.417. The minimum Gasteiger partial charge on any atom is -0.491 e. The standard InChI is InChI=1S/C15H23BO5/c1-11-8-15(9-12(2)21-11)20-7-6-19-14-5-3-4-13(10-14)16(17)18/h3-5,10-12,15,17-18H,6-9H2,1-2H3. The highest BCUT2D eigenvalue weighted by atomic mass is 16.5. The average molecular weight is 294 g/mol. The van der Waals surface area contributed by atoms with Crippen molar-refractivity contribution in [1.29, 1.82) is 0 Å². The van der Waals surface area contributed by atoms with Gasteiger partial charge in [-0.2, -0.15) is 0 Å². The third-order valence-electron chi connectivity index (χ3n) is 3.52. The highest BCUT2D eigenvalue weighted by Crippen LogP contribution is 2.21. The van der Waals surface area contributed by atoms with Crippen molar-refractivity contribution in [1.82, 2.24) is 0 Å². The summed E-state index contributed by atoms with van der Waals surface area (Å²) in [6, 6.07) is 6.76. The second-order valence-electron chi connectivity index (χ2n) is 5.52. The molecule has 2 N–H and O–H groups in total. The quantitative estimate of drug-likeness (QED) is 0.597. The minimum atomic E-state index is -1.48. The Kier molecular flexibility index (Phi) is 6.05. The average Bonchev–Trinajstić information content (AvgIpc) is 2.43. The molecule has 5 nitrogen and oxygen atoms in total. The van der Waals surface area contributed by atoms with E-state index in [0.29, 0.717) is 24.4 Å². The first-order valence-electron chi connectivity index (χ1n) is 7.40. The molecule has 0 saturated carbocycles. The lowest BCUT2D eigenvalue weighted by atomic mass is 9.80. The van der Waals surface area contributed by atoms with Crippen LogP contribution in [0.25, 0.3) is 0 Å². The molecular formula is C15H23BO5. The van der Waals surface area contributed by atoms with Crippen LogP contribution in [0.5, 0.6) is 5.75 Å². The van der Waals surface area contributed by atoms with Crippen LogP contribution in [0.1, 0.15) is 26.7 Å². The second-order valence-corrected chi connectivity index (χ2v) is 5.52. The van der Waals surface area contributed by atoms with E-state index in [1.165, 1.54) is 0 Å². The van der Waals surface area contributed by atoms with Gasteiger partial charge in [-0.3, -0.25) is 0 Å². The Hall–Kier alpha value is -1.08. The Bertz CT molecular complexity index is 430. The fourth-order valence-corrected chi connectivity index (χ4v) is 2.62. The molecular weight excluding hydrogens is 271 g/mol. The summed E-state index contributed by atoms with van der Waals surface area (Å²) in [5, 5.41) is 18.2. The zero-order valence-electron chi connectivity index (χ0n) is 12.6. The smallest absolute Gasteiger partial charge is 0.488 e. The predicted octanol–water partition coefficient (Wildman–Crippen LogP) is 0.718. The Labute approximate surface area is 126 Å². The summed E-state index contributed by atoms with van der Waals surface area (Å²) in [4.78, 5) is 0. The molecule has 0 bridgehead atoms. The van der Waals surface area contributed by atoms with Gasteiger partial charge in [0.05, 0.1) is 24.9 Å². The fourth-order valence-electron chi connectivity index (χ4n) is 2.62. The molecule has 0 radical (unpaired) electrons. The molecule has 1 fully saturated rings. The zero-order valence-corrected chi connectivity index (χ0v) is 12.6. The van der Waals surface area contributed by atoms with E-state index < -0.39 is 7.12 Å². The minimum absolute atomic E-state index is 0.220. The molecule has 2 rings (SSSR count). The molecule has 116 valence electrons. The van der Waals surface area contributed by atoms with E-state index in [2.05, 4.69) is 13.8 Å². The molecule has 1 aromatic rings. The van der Waals surface area contributed by atoms with Crippen LogP contribution in [0.2, 0.25) is 0 Å². The molecule has 1 aromatic carbocycles. The van der Waals surface area contributed by atoms with E-state index in [4.69, 9.17) is 24.3 Å². The second kappa shape index (κ2) is 7.80. The summed E-state index contributed by atoms with van der Waals surface area (Å²) in [5.74, 6) is 0.609. The van der Waals surface area contributed by atoms with Gasteiger partial charge in [-0.1, -0.05) is 12.1 Å². The van der Waals surface area contributed by atoms with E-state index >= 15 is 0 Å². The van der Waals surface area contributed by atoms with Crippen molar-refractivity contribution in [3.63, 3.8) is 0 Å². The van der Waals surface area contributed by atoms with Gasteiger partial charge in [0.1, 0.15) is 12.4 Å². The monoisotopic (exact) mass is 294 g/mol. The van der Waals surface area contributed by atoms with Gasteiger partial charge in [-0.25, -0.2) is 0 Å². The van der Waals surface area contributed by atoms with Crippen molar-refractivity contribution in [3.05, 3.63) is 24.3 Å². The highest BCUT2D eigenvalue weighted by molar-refractivity contribution is 6.58. The van der Waals surface area contributed by atoms with Crippen molar-refractivity contribution in [2.24, 2.45) is 0 Å². The van der Waals surface area contributed by atoms with Crippen LogP contribution in [-0.4, -0.2) is 48.7 Å². The van der Waals surface area contributed by atoms with E-state index in [1.807, 2.05) is 0 Å². The van der Waals surface area contributed by atoms with Crippen LogP contribution in [0.3, 0.4) is 0 Å². The molecule has 2 atom stereocenters. The molecule has 2 unspecified atom stereocenters. The van der Waals surface area contributed by atoms with Gasteiger partial charge < -0.3 is 24.3 Å². The fraction of sp³-hybridized carbons (Fsp3) is 0.600. The van der Waals surface area contributed by atoms with Gasteiger partial charge in [0, 0.05) is 0 Å². The van der Waals surface area contributed by atoms with Crippen molar-refractivity contribution in [2.75, 3.05) is 13.2 Å². The zero-order chi connectivity index (χ0) is 15.2. The van der Waals surface area contributed by atoms with Crippen LogP contribution in [0.15, 0.2) is 24.3 Å². The molecule has 1 saturated heterocycles. The summed E-state index contributed by atoms with van der Waals surface area (Å²) in [6.07, 6.45) is 2.52. The van der Waals surface area contributed by atoms with Gasteiger partial charge in [0.25, 0.3) is 0 Å². The van der Waals surface area contributed by atoms with E-state index in [0.717, 1.165) is 12.8 Å². The third kappa shape index (κ3) is 5.32. The molecule has 1 heterocycles. The van der Waals surface area contributed by atoms with Gasteiger partial charge in [0.2, 0.25) is 0 Å². The Morgan fingerprint density at radius 1 is 1.19 bits per heavy atom. The van der Waals surface area contributed by atoms with Crippen LogP contribution >= 0.6 is 0 Å². The van der Waals surface area contributed by atoms with Crippen LogP contribution in [0, 0.1) is 0 Å². The topological polar surface area (TPSA) is 68.2 Å². The lowest BCUT2D eigenvalue weighted by Crippen LogP contribution is -2.34. The number of hydrogen-bond donors (Lipinski definition) is 2. The van der Waals surface area contributed by atoms with Crippen LogP contribution in [-0.2, 0) is 9.47 Å². The molecule has 0 spiro atoms. The van der Waals surface area contributed by atoms with Crippen molar-refractivity contribution in [3.8, 4) is 5.75 Å². The molecule has 21 heavy (non-hydrogen) atoms. The van der Waals surface area contributed by atoms with Gasteiger partial charge in [-0.05, 0) is 44.3 Å². The number of rotatable bonds is 6.